The predicted molar refractivity (Wildman–Crippen MR) is 75.2 cm³/mol. The number of aryl methyl sites for hydroxylation is 2. The maximum Gasteiger partial charge on any atom is 0.221 e. The molecule has 0 aromatic carbocycles. The number of aromatic nitrogens is 2. The lowest BCUT2D eigenvalue weighted by atomic mass is 10.2. The third-order valence-corrected chi connectivity index (χ3v) is 2.64. The largest absolute Gasteiger partial charge is 0.476 e. The molecule has 0 atom stereocenters. The second-order valence-corrected chi connectivity index (χ2v) is 3.92. The van der Waals surface area contributed by atoms with Gasteiger partial charge < -0.3 is 10.1 Å². The molecule has 0 aliphatic carbocycles. The van der Waals surface area contributed by atoms with Crippen molar-refractivity contribution in [3.63, 3.8) is 0 Å². The van der Waals surface area contributed by atoms with Gasteiger partial charge in [-0.3, -0.25) is 4.99 Å². The Bertz CT molecular complexity index is 434. The van der Waals surface area contributed by atoms with Crippen molar-refractivity contribution in [1.82, 2.24) is 15.1 Å². The van der Waals surface area contributed by atoms with Crippen LogP contribution in [0.2, 0.25) is 0 Å². The smallest absolute Gasteiger partial charge is 0.221 e. The summed E-state index contributed by atoms with van der Waals surface area (Å²) in [4.78, 5) is 4.02. The number of likely N-dealkylation sites (N-methyl/N-ethyl adjacent to an activating group) is 1. The molecule has 5 heteroatoms. The number of nitrogens with zero attached hydrogens (tertiary/aromatic N) is 3. The van der Waals surface area contributed by atoms with Gasteiger partial charge in [-0.2, -0.15) is 5.10 Å². The van der Waals surface area contributed by atoms with E-state index in [4.69, 9.17) is 4.74 Å². The van der Waals surface area contributed by atoms with E-state index in [0.29, 0.717) is 6.61 Å². The minimum atomic E-state index is 0.605. The third kappa shape index (κ3) is 3.20. The fourth-order valence-electron chi connectivity index (χ4n) is 1.81. The lowest BCUT2D eigenvalue weighted by Gasteiger charge is -2.09. The van der Waals surface area contributed by atoms with Gasteiger partial charge in [-0.25, -0.2) is 4.68 Å². The van der Waals surface area contributed by atoms with Crippen LogP contribution in [0.3, 0.4) is 0 Å². The van der Waals surface area contributed by atoms with E-state index in [0.717, 1.165) is 35.9 Å². The molecule has 0 aliphatic rings. The number of aliphatic imine (C=N–C) groups is 1. The summed E-state index contributed by atoms with van der Waals surface area (Å²) in [5.74, 6) is 0.742. The summed E-state index contributed by atoms with van der Waals surface area (Å²) in [5.41, 5.74) is 2.63. The molecule has 0 bridgehead atoms. The topological polar surface area (TPSA) is 51.4 Å². The van der Waals surface area contributed by atoms with E-state index in [1.54, 1.807) is 4.68 Å². The maximum absolute atomic E-state index is 5.78. The first-order valence-corrected chi connectivity index (χ1v) is 6.16. The van der Waals surface area contributed by atoms with E-state index >= 15 is 0 Å². The van der Waals surface area contributed by atoms with Crippen molar-refractivity contribution >= 4 is 12.4 Å². The molecule has 1 N–H and O–H groups in total. The summed E-state index contributed by atoms with van der Waals surface area (Å²) in [6.07, 6.45) is 1.91. The van der Waals surface area contributed by atoms with E-state index in [1.165, 1.54) is 0 Å². The SMILES string of the molecule is C=N/C(=C\C)c1c(C)nn(C)c1OCCNCC. The highest BCUT2D eigenvalue weighted by Crippen LogP contribution is 2.29. The molecule has 0 saturated carbocycles. The molecule has 100 valence electrons. The molecular weight excluding hydrogens is 228 g/mol. The number of ether oxygens (including phenoxy) is 1. The van der Waals surface area contributed by atoms with Gasteiger partial charge in [0.1, 0.15) is 6.61 Å². The lowest BCUT2D eigenvalue weighted by Crippen LogP contribution is -2.21. The molecular formula is C13H22N4O. The van der Waals surface area contributed by atoms with Crippen molar-refractivity contribution < 1.29 is 4.74 Å². The van der Waals surface area contributed by atoms with Gasteiger partial charge in [0.25, 0.3) is 0 Å². The van der Waals surface area contributed by atoms with Crippen LogP contribution in [0, 0.1) is 6.92 Å². The predicted octanol–water partition coefficient (Wildman–Crippen LogP) is 1.78. The summed E-state index contributed by atoms with van der Waals surface area (Å²) in [5, 5.41) is 7.59. The molecule has 1 aromatic heterocycles. The zero-order chi connectivity index (χ0) is 13.5. The average molecular weight is 250 g/mol. The normalized spacial score (nSPS) is 11.7. The first-order valence-electron chi connectivity index (χ1n) is 6.16. The molecule has 18 heavy (non-hydrogen) atoms. The molecule has 5 nitrogen and oxygen atoms in total. The molecule has 1 rings (SSSR count). The van der Waals surface area contributed by atoms with Gasteiger partial charge in [0.2, 0.25) is 5.88 Å². The number of allylic oxidation sites excluding steroid dienone is 1. The summed E-state index contributed by atoms with van der Waals surface area (Å²) in [6, 6.07) is 0. The van der Waals surface area contributed by atoms with Crippen LogP contribution in [-0.4, -0.2) is 36.2 Å². The third-order valence-electron chi connectivity index (χ3n) is 2.64. The van der Waals surface area contributed by atoms with E-state index in [1.807, 2.05) is 27.0 Å². The Hall–Kier alpha value is -1.62. The Labute approximate surface area is 109 Å². The van der Waals surface area contributed by atoms with E-state index in [2.05, 4.69) is 29.0 Å². The fourth-order valence-corrected chi connectivity index (χ4v) is 1.81. The number of nitrogens with one attached hydrogen (secondary N) is 1. The minimum absolute atomic E-state index is 0.605. The molecule has 0 fully saturated rings. The fraction of sp³-hybridized carbons (Fsp3) is 0.538. The lowest BCUT2D eigenvalue weighted by molar-refractivity contribution is 0.288. The van der Waals surface area contributed by atoms with E-state index in [-0.39, 0.29) is 0 Å². The highest BCUT2D eigenvalue weighted by atomic mass is 16.5. The number of rotatable bonds is 7. The standard InChI is InChI=1S/C13H22N4O/c1-6-11(14-4)12-10(3)16-17(5)13(12)18-9-8-15-7-2/h6,15H,4,7-9H2,1-3,5H3/b11-6-. The van der Waals surface area contributed by atoms with Crippen LogP contribution in [-0.2, 0) is 7.05 Å². The van der Waals surface area contributed by atoms with Crippen LogP contribution in [0.1, 0.15) is 25.1 Å². The van der Waals surface area contributed by atoms with Gasteiger partial charge in [-0.1, -0.05) is 13.0 Å². The second-order valence-electron chi connectivity index (χ2n) is 3.92. The van der Waals surface area contributed by atoms with Gasteiger partial charge in [0.05, 0.1) is 17.0 Å². The summed E-state index contributed by atoms with van der Waals surface area (Å²) in [7, 11) is 1.87. The number of hydrogen-bond donors (Lipinski definition) is 1. The Balaban J connectivity index is 2.92. The summed E-state index contributed by atoms with van der Waals surface area (Å²) < 4.78 is 7.53. The van der Waals surface area contributed by atoms with Gasteiger partial charge in [-0.15, -0.1) is 0 Å². The molecule has 0 spiro atoms. The van der Waals surface area contributed by atoms with Gasteiger partial charge in [-0.05, 0) is 27.1 Å². The van der Waals surface area contributed by atoms with Crippen LogP contribution in [0.15, 0.2) is 11.1 Å². The first kappa shape index (κ1) is 14.4. The van der Waals surface area contributed by atoms with E-state index < -0.39 is 0 Å². The molecule has 0 aliphatic heterocycles. The highest BCUT2D eigenvalue weighted by Gasteiger charge is 2.17. The summed E-state index contributed by atoms with van der Waals surface area (Å²) >= 11 is 0. The van der Waals surface area contributed by atoms with Crippen LogP contribution in [0.25, 0.3) is 5.70 Å². The molecule has 0 amide bonds. The molecule has 0 unspecified atom stereocenters. The van der Waals surface area contributed by atoms with Crippen molar-refractivity contribution in [1.29, 1.82) is 0 Å². The van der Waals surface area contributed by atoms with Crippen molar-refractivity contribution in [3.8, 4) is 5.88 Å². The van der Waals surface area contributed by atoms with Crippen LogP contribution < -0.4 is 10.1 Å². The van der Waals surface area contributed by atoms with E-state index in [9.17, 15) is 0 Å². The Morgan fingerprint density at radius 1 is 1.61 bits per heavy atom. The first-order chi connectivity index (χ1) is 8.65. The van der Waals surface area contributed by atoms with Crippen molar-refractivity contribution in [2.24, 2.45) is 12.0 Å². The van der Waals surface area contributed by atoms with Crippen LogP contribution >= 0.6 is 0 Å². The Kier molecular flexibility index (Phi) is 5.58. The van der Waals surface area contributed by atoms with Gasteiger partial charge in [0.15, 0.2) is 0 Å². The second kappa shape index (κ2) is 6.96. The Morgan fingerprint density at radius 3 is 2.89 bits per heavy atom. The monoisotopic (exact) mass is 250 g/mol. The quantitative estimate of drug-likeness (QED) is 0.593. The number of hydrogen-bond acceptors (Lipinski definition) is 4. The average Bonchev–Trinajstić information content (AvgIpc) is 2.63. The van der Waals surface area contributed by atoms with Crippen molar-refractivity contribution in [2.45, 2.75) is 20.8 Å². The van der Waals surface area contributed by atoms with Crippen molar-refractivity contribution in [2.75, 3.05) is 19.7 Å². The molecule has 0 saturated heterocycles. The summed E-state index contributed by atoms with van der Waals surface area (Å²) in [6.45, 7) is 11.9. The highest BCUT2D eigenvalue weighted by molar-refractivity contribution is 5.72. The maximum atomic E-state index is 5.78. The molecule has 1 aromatic rings. The van der Waals surface area contributed by atoms with Crippen molar-refractivity contribution in [3.05, 3.63) is 17.3 Å². The van der Waals surface area contributed by atoms with Crippen LogP contribution in [0.5, 0.6) is 5.88 Å². The minimum Gasteiger partial charge on any atom is -0.476 e. The van der Waals surface area contributed by atoms with Crippen LogP contribution in [0.4, 0.5) is 0 Å². The zero-order valence-corrected chi connectivity index (χ0v) is 11.7. The molecule has 0 radical (unpaired) electrons. The Morgan fingerprint density at radius 2 is 2.33 bits per heavy atom. The van der Waals surface area contributed by atoms with Gasteiger partial charge in [0, 0.05) is 13.6 Å². The zero-order valence-electron chi connectivity index (χ0n) is 11.7. The van der Waals surface area contributed by atoms with Gasteiger partial charge >= 0.3 is 0 Å². The molecule has 1 heterocycles.